The molecule has 1 heterocycles. The van der Waals surface area contributed by atoms with Crippen molar-refractivity contribution in [3.8, 4) is 17.2 Å². The average molecular weight is 421 g/mol. The van der Waals surface area contributed by atoms with Crippen molar-refractivity contribution in [1.29, 1.82) is 0 Å². The van der Waals surface area contributed by atoms with Gasteiger partial charge in [-0.1, -0.05) is 18.2 Å². The molecule has 2 atom stereocenters. The van der Waals surface area contributed by atoms with Gasteiger partial charge in [-0.2, -0.15) is 4.31 Å². The SMILES string of the molecule is COC(=O)C1CC(Oc2ccccc2)CN1S(=O)(=O)c1ccc(OC)c(OC)c1. The Morgan fingerprint density at radius 2 is 1.69 bits per heavy atom. The molecule has 0 radical (unpaired) electrons. The molecule has 2 aromatic carbocycles. The molecular formula is C20H23NO7S. The molecule has 0 N–H and O–H groups in total. The Morgan fingerprint density at radius 1 is 1.00 bits per heavy atom. The zero-order valence-corrected chi connectivity index (χ0v) is 17.2. The predicted octanol–water partition coefficient (Wildman–Crippen LogP) is 2.09. The molecule has 0 saturated carbocycles. The number of esters is 1. The lowest BCUT2D eigenvalue weighted by Gasteiger charge is -2.22. The number of benzene rings is 2. The van der Waals surface area contributed by atoms with Gasteiger partial charge in [-0.05, 0) is 24.3 Å². The Morgan fingerprint density at radius 3 is 2.31 bits per heavy atom. The van der Waals surface area contributed by atoms with Crippen molar-refractivity contribution >= 4 is 16.0 Å². The summed E-state index contributed by atoms with van der Waals surface area (Å²) in [5.74, 6) is 0.654. The maximum atomic E-state index is 13.3. The van der Waals surface area contributed by atoms with Gasteiger partial charge in [-0.15, -0.1) is 0 Å². The van der Waals surface area contributed by atoms with Gasteiger partial charge in [0.15, 0.2) is 11.5 Å². The van der Waals surface area contributed by atoms with Crippen LogP contribution in [0.15, 0.2) is 53.4 Å². The highest BCUT2D eigenvalue weighted by atomic mass is 32.2. The third kappa shape index (κ3) is 4.30. The van der Waals surface area contributed by atoms with E-state index >= 15 is 0 Å². The van der Waals surface area contributed by atoms with Crippen LogP contribution in [0.1, 0.15) is 6.42 Å². The molecule has 1 aliphatic rings. The number of methoxy groups -OCH3 is 3. The van der Waals surface area contributed by atoms with E-state index in [2.05, 4.69) is 0 Å². The van der Waals surface area contributed by atoms with Crippen LogP contribution in [0, 0.1) is 0 Å². The van der Waals surface area contributed by atoms with Gasteiger partial charge in [0.1, 0.15) is 17.9 Å². The minimum atomic E-state index is -4.01. The molecule has 1 saturated heterocycles. The minimum Gasteiger partial charge on any atom is -0.493 e. The van der Waals surface area contributed by atoms with Crippen molar-refractivity contribution in [1.82, 2.24) is 4.31 Å². The summed E-state index contributed by atoms with van der Waals surface area (Å²) in [4.78, 5) is 12.3. The zero-order chi connectivity index (χ0) is 21.0. The second-order valence-electron chi connectivity index (χ2n) is 6.42. The number of ether oxygens (including phenoxy) is 4. The lowest BCUT2D eigenvalue weighted by Crippen LogP contribution is -2.41. The van der Waals surface area contributed by atoms with Gasteiger partial charge in [-0.3, -0.25) is 4.79 Å². The molecule has 0 aromatic heterocycles. The highest BCUT2D eigenvalue weighted by Gasteiger charge is 2.45. The molecular weight excluding hydrogens is 398 g/mol. The molecule has 29 heavy (non-hydrogen) atoms. The largest absolute Gasteiger partial charge is 0.493 e. The maximum Gasteiger partial charge on any atom is 0.324 e. The fourth-order valence-corrected chi connectivity index (χ4v) is 4.91. The second kappa shape index (κ2) is 8.71. The van der Waals surface area contributed by atoms with Crippen LogP contribution in [-0.2, 0) is 19.6 Å². The van der Waals surface area contributed by atoms with Crippen LogP contribution in [0.4, 0.5) is 0 Å². The normalized spacial score (nSPS) is 19.6. The highest BCUT2D eigenvalue weighted by Crippen LogP contribution is 2.34. The standard InChI is InChI=1S/C20H23NO7S/c1-25-18-10-9-16(12-19(18)26-2)29(23,24)21-13-15(11-17(21)20(22)27-3)28-14-7-5-4-6-8-14/h4-10,12,15,17H,11,13H2,1-3H3. The van der Waals surface area contributed by atoms with E-state index in [0.29, 0.717) is 11.5 Å². The smallest absolute Gasteiger partial charge is 0.324 e. The number of hydrogen-bond donors (Lipinski definition) is 0. The maximum absolute atomic E-state index is 13.3. The predicted molar refractivity (Wildman–Crippen MR) is 105 cm³/mol. The number of para-hydroxylation sites is 1. The first-order chi connectivity index (χ1) is 13.9. The fourth-order valence-electron chi connectivity index (χ4n) is 3.27. The Labute approximate surface area is 170 Å². The van der Waals surface area contributed by atoms with Gasteiger partial charge in [-0.25, -0.2) is 8.42 Å². The number of nitrogens with zero attached hydrogens (tertiary/aromatic N) is 1. The lowest BCUT2D eigenvalue weighted by atomic mass is 10.2. The number of carbonyl (C=O) groups is 1. The van der Waals surface area contributed by atoms with E-state index in [-0.39, 0.29) is 23.6 Å². The first-order valence-electron chi connectivity index (χ1n) is 8.94. The van der Waals surface area contributed by atoms with Crippen LogP contribution in [0.2, 0.25) is 0 Å². The van der Waals surface area contributed by atoms with Gasteiger partial charge in [0.05, 0.1) is 32.8 Å². The van der Waals surface area contributed by atoms with Crippen LogP contribution in [0.3, 0.4) is 0 Å². The Kier molecular flexibility index (Phi) is 6.29. The van der Waals surface area contributed by atoms with E-state index in [0.717, 1.165) is 4.31 Å². The Balaban J connectivity index is 1.91. The quantitative estimate of drug-likeness (QED) is 0.632. The van der Waals surface area contributed by atoms with Crippen LogP contribution in [0.5, 0.6) is 17.2 Å². The van der Waals surface area contributed by atoms with E-state index in [1.54, 1.807) is 12.1 Å². The number of sulfonamides is 1. The van der Waals surface area contributed by atoms with Gasteiger partial charge in [0.25, 0.3) is 0 Å². The molecule has 2 unspecified atom stereocenters. The molecule has 8 nitrogen and oxygen atoms in total. The van der Waals surface area contributed by atoms with Crippen LogP contribution < -0.4 is 14.2 Å². The monoisotopic (exact) mass is 421 g/mol. The molecule has 9 heteroatoms. The summed E-state index contributed by atoms with van der Waals surface area (Å²) < 4.78 is 48.8. The van der Waals surface area contributed by atoms with E-state index < -0.39 is 28.1 Å². The number of carbonyl (C=O) groups excluding carboxylic acids is 1. The van der Waals surface area contributed by atoms with Crippen LogP contribution >= 0.6 is 0 Å². The van der Waals surface area contributed by atoms with Crippen molar-refractivity contribution in [3.63, 3.8) is 0 Å². The van der Waals surface area contributed by atoms with E-state index in [1.165, 1.54) is 39.5 Å². The van der Waals surface area contributed by atoms with E-state index in [9.17, 15) is 13.2 Å². The van der Waals surface area contributed by atoms with Gasteiger partial charge in [0, 0.05) is 12.5 Å². The van der Waals surface area contributed by atoms with Crippen LogP contribution in [-0.4, -0.2) is 58.7 Å². The minimum absolute atomic E-state index is 0.00980. The van der Waals surface area contributed by atoms with E-state index in [1.807, 2.05) is 18.2 Å². The molecule has 0 bridgehead atoms. The van der Waals surface area contributed by atoms with Crippen molar-refractivity contribution in [2.24, 2.45) is 0 Å². The van der Waals surface area contributed by atoms with Gasteiger partial charge < -0.3 is 18.9 Å². The summed E-state index contributed by atoms with van der Waals surface area (Å²) in [5.41, 5.74) is 0. The first kappa shape index (κ1) is 20.9. The molecule has 1 aliphatic heterocycles. The molecule has 1 fully saturated rings. The summed E-state index contributed by atoms with van der Waals surface area (Å²) in [6, 6.07) is 12.4. The first-order valence-corrected chi connectivity index (χ1v) is 10.4. The Hall–Kier alpha value is -2.78. The molecule has 0 aliphatic carbocycles. The second-order valence-corrected chi connectivity index (χ2v) is 8.31. The third-order valence-corrected chi connectivity index (χ3v) is 6.57. The number of hydrogen-bond acceptors (Lipinski definition) is 7. The summed E-state index contributed by atoms with van der Waals surface area (Å²) in [6.07, 6.45) is -0.301. The highest BCUT2D eigenvalue weighted by molar-refractivity contribution is 7.89. The van der Waals surface area contributed by atoms with Gasteiger partial charge >= 0.3 is 5.97 Å². The topological polar surface area (TPSA) is 91.4 Å². The molecule has 0 spiro atoms. The summed E-state index contributed by atoms with van der Waals surface area (Å²) in [7, 11) is 0.108. The van der Waals surface area contributed by atoms with E-state index in [4.69, 9.17) is 18.9 Å². The van der Waals surface area contributed by atoms with Crippen molar-refractivity contribution in [2.75, 3.05) is 27.9 Å². The van der Waals surface area contributed by atoms with Crippen molar-refractivity contribution < 1.29 is 32.2 Å². The van der Waals surface area contributed by atoms with Crippen molar-refractivity contribution in [3.05, 3.63) is 48.5 Å². The summed E-state index contributed by atoms with van der Waals surface area (Å²) in [6.45, 7) is 0.0192. The summed E-state index contributed by atoms with van der Waals surface area (Å²) >= 11 is 0. The summed E-state index contributed by atoms with van der Waals surface area (Å²) in [5, 5.41) is 0. The van der Waals surface area contributed by atoms with Crippen LogP contribution in [0.25, 0.3) is 0 Å². The molecule has 2 aromatic rings. The molecule has 3 rings (SSSR count). The molecule has 0 amide bonds. The Bertz CT molecular complexity index is 962. The zero-order valence-electron chi connectivity index (χ0n) is 16.4. The average Bonchev–Trinajstić information content (AvgIpc) is 3.18. The van der Waals surface area contributed by atoms with Crippen molar-refractivity contribution in [2.45, 2.75) is 23.5 Å². The third-order valence-electron chi connectivity index (χ3n) is 4.70. The van der Waals surface area contributed by atoms with Gasteiger partial charge in [0.2, 0.25) is 10.0 Å². The fraction of sp³-hybridized carbons (Fsp3) is 0.350. The number of rotatable bonds is 7. The lowest BCUT2D eigenvalue weighted by molar-refractivity contribution is -0.144. The molecule has 156 valence electrons.